The van der Waals surface area contributed by atoms with Gasteiger partial charge in [-0.3, -0.25) is 0 Å². The summed E-state index contributed by atoms with van der Waals surface area (Å²) < 4.78 is 0.976. The largest absolute Gasteiger partial charge is 0.247 e. The standard InChI is InChI=1S/C6H5BrN2S/c1-4(2-8)6-9-3-5(7)10-6/h3-4H,1H3. The van der Waals surface area contributed by atoms with Crippen LogP contribution in [0.25, 0.3) is 0 Å². The van der Waals surface area contributed by atoms with Crippen molar-refractivity contribution < 1.29 is 0 Å². The van der Waals surface area contributed by atoms with E-state index in [1.54, 1.807) is 6.20 Å². The minimum absolute atomic E-state index is 0.0868. The van der Waals surface area contributed by atoms with Crippen LogP contribution >= 0.6 is 27.3 Å². The molecule has 0 spiro atoms. The molecule has 0 saturated carbocycles. The fraction of sp³-hybridized carbons (Fsp3) is 0.333. The van der Waals surface area contributed by atoms with E-state index in [1.165, 1.54) is 11.3 Å². The van der Waals surface area contributed by atoms with Crippen LogP contribution < -0.4 is 0 Å². The number of rotatable bonds is 1. The Bertz CT molecular complexity index is 263. The number of thiazole rings is 1. The molecule has 1 heterocycles. The molecule has 0 aliphatic rings. The lowest BCUT2D eigenvalue weighted by atomic mass is 10.2. The molecule has 0 radical (unpaired) electrons. The van der Waals surface area contributed by atoms with Gasteiger partial charge in [0, 0.05) is 0 Å². The molecule has 0 saturated heterocycles. The van der Waals surface area contributed by atoms with Crippen molar-refractivity contribution in [2.45, 2.75) is 12.8 Å². The maximum Gasteiger partial charge on any atom is 0.111 e. The Kier molecular flexibility index (Phi) is 2.41. The molecule has 1 unspecified atom stereocenters. The molecular formula is C6H5BrN2S. The van der Waals surface area contributed by atoms with E-state index in [9.17, 15) is 0 Å². The Morgan fingerprint density at radius 1 is 1.90 bits per heavy atom. The maximum absolute atomic E-state index is 8.50. The molecular weight excluding hydrogens is 212 g/mol. The zero-order chi connectivity index (χ0) is 7.56. The van der Waals surface area contributed by atoms with E-state index >= 15 is 0 Å². The summed E-state index contributed by atoms with van der Waals surface area (Å²) >= 11 is 4.78. The minimum atomic E-state index is -0.0868. The molecule has 10 heavy (non-hydrogen) atoms. The van der Waals surface area contributed by atoms with Crippen LogP contribution in [0.3, 0.4) is 0 Å². The molecule has 0 fully saturated rings. The Morgan fingerprint density at radius 3 is 3.00 bits per heavy atom. The number of nitriles is 1. The van der Waals surface area contributed by atoms with E-state index in [1.807, 2.05) is 6.92 Å². The van der Waals surface area contributed by atoms with E-state index in [0.29, 0.717) is 0 Å². The highest BCUT2D eigenvalue weighted by Gasteiger charge is 2.07. The van der Waals surface area contributed by atoms with Gasteiger partial charge >= 0.3 is 0 Å². The lowest BCUT2D eigenvalue weighted by Crippen LogP contribution is -1.85. The zero-order valence-electron chi connectivity index (χ0n) is 5.34. The fourth-order valence-corrected chi connectivity index (χ4v) is 1.76. The molecule has 0 aliphatic carbocycles. The third kappa shape index (κ3) is 1.55. The summed E-state index contributed by atoms with van der Waals surface area (Å²) in [7, 11) is 0. The van der Waals surface area contributed by atoms with Crippen LogP contribution in [-0.4, -0.2) is 4.98 Å². The third-order valence-electron chi connectivity index (χ3n) is 1.06. The van der Waals surface area contributed by atoms with E-state index < -0.39 is 0 Å². The summed E-state index contributed by atoms with van der Waals surface area (Å²) in [6.07, 6.45) is 1.72. The van der Waals surface area contributed by atoms with E-state index in [2.05, 4.69) is 27.0 Å². The Labute approximate surface area is 71.6 Å². The Hall–Kier alpha value is -0.400. The van der Waals surface area contributed by atoms with Crippen molar-refractivity contribution in [1.29, 1.82) is 5.26 Å². The maximum atomic E-state index is 8.50. The van der Waals surface area contributed by atoms with Crippen molar-refractivity contribution in [3.63, 3.8) is 0 Å². The average molecular weight is 217 g/mol. The SMILES string of the molecule is CC(C#N)c1ncc(Br)s1. The molecule has 0 bridgehead atoms. The highest BCUT2D eigenvalue weighted by molar-refractivity contribution is 9.11. The van der Waals surface area contributed by atoms with Gasteiger partial charge < -0.3 is 0 Å². The van der Waals surface area contributed by atoms with E-state index in [0.717, 1.165) is 8.79 Å². The van der Waals surface area contributed by atoms with Gasteiger partial charge in [0.1, 0.15) is 5.01 Å². The van der Waals surface area contributed by atoms with Crippen LogP contribution in [0.2, 0.25) is 0 Å². The van der Waals surface area contributed by atoms with Gasteiger partial charge in [-0.15, -0.1) is 11.3 Å². The van der Waals surface area contributed by atoms with Crippen LogP contribution in [-0.2, 0) is 0 Å². The normalized spacial score (nSPS) is 12.5. The van der Waals surface area contributed by atoms with Crippen molar-refractivity contribution in [3.05, 3.63) is 15.0 Å². The smallest absolute Gasteiger partial charge is 0.111 e. The first kappa shape index (κ1) is 7.70. The molecule has 0 N–H and O–H groups in total. The molecule has 0 amide bonds. The summed E-state index contributed by atoms with van der Waals surface area (Å²) in [6.45, 7) is 1.84. The molecule has 2 nitrogen and oxygen atoms in total. The van der Waals surface area contributed by atoms with Crippen molar-refractivity contribution >= 4 is 27.3 Å². The predicted molar refractivity (Wildman–Crippen MR) is 43.8 cm³/mol. The number of nitrogens with zero attached hydrogens (tertiary/aromatic N) is 2. The van der Waals surface area contributed by atoms with E-state index in [4.69, 9.17) is 5.26 Å². The number of hydrogen-bond donors (Lipinski definition) is 0. The quantitative estimate of drug-likeness (QED) is 0.724. The third-order valence-corrected chi connectivity index (χ3v) is 2.72. The summed E-state index contributed by atoms with van der Waals surface area (Å²) in [4.78, 5) is 4.04. The summed E-state index contributed by atoms with van der Waals surface area (Å²) in [5.74, 6) is -0.0868. The summed E-state index contributed by atoms with van der Waals surface area (Å²) in [5.41, 5.74) is 0. The van der Waals surface area contributed by atoms with Crippen molar-refractivity contribution in [2.24, 2.45) is 0 Å². The van der Waals surface area contributed by atoms with Gasteiger partial charge in [-0.25, -0.2) is 4.98 Å². The van der Waals surface area contributed by atoms with Crippen molar-refractivity contribution in [3.8, 4) is 6.07 Å². The second-order valence-corrected chi connectivity index (χ2v) is 4.29. The highest BCUT2D eigenvalue weighted by atomic mass is 79.9. The first-order chi connectivity index (χ1) is 4.74. The first-order valence-corrected chi connectivity index (χ1v) is 4.36. The van der Waals surface area contributed by atoms with Gasteiger partial charge in [0.2, 0.25) is 0 Å². The number of aromatic nitrogens is 1. The number of hydrogen-bond acceptors (Lipinski definition) is 3. The molecule has 1 aromatic rings. The van der Waals surface area contributed by atoms with Gasteiger partial charge in [-0.1, -0.05) is 0 Å². The molecule has 0 aromatic carbocycles. The Morgan fingerprint density at radius 2 is 2.60 bits per heavy atom. The summed E-state index contributed by atoms with van der Waals surface area (Å²) in [6, 6.07) is 2.12. The fourth-order valence-electron chi connectivity index (χ4n) is 0.522. The van der Waals surface area contributed by atoms with Gasteiger partial charge in [0.05, 0.1) is 22.0 Å². The molecule has 1 rings (SSSR count). The molecule has 1 aromatic heterocycles. The molecule has 4 heteroatoms. The van der Waals surface area contributed by atoms with Crippen LogP contribution in [0, 0.1) is 11.3 Å². The van der Waals surface area contributed by atoms with Gasteiger partial charge in [0.25, 0.3) is 0 Å². The van der Waals surface area contributed by atoms with Crippen molar-refractivity contribution in [2.75, 3.05) is 0 Å². The average Bonchev–Trinajstić information content (AvgIpc) is 2.34. The molecule has 1 atom stereocenters. The van der Waals surface area contributed by atoms with Crippen LogP contribution in [0.4, 0.5) is 0 Å². The summed E-state index contributed by atoms with van der Waals surface area (Å²) in [5, 5.41) is 9.37. The zero-order valence-corrected chi connectivity index (χ0v) is 7.74. The highest BCUT2D eigenvalue weighted by Crippen LogP contribution is 2.24. The predicted octanol–water partition coefficient (Wildman–Crippen LogP) is 2.53. The van der Waals surface area contributed by atoms with E-state index in [-0.39, 0.29) is 5.92 Å². The number of halogens is 1. The first-order valence-electron chi connectivity index (χ1n) is 2.75. The van der Waals surface area contributed by atoms with Crippen LogP contribution in [0.1, 0.15) is 17.8 Å². The second-order valence-electron chi connectivity index (χ2n) is 1.85. The topological polar surface area (TPSA) is 36.7 Å². The molecule has 0 aliphatic heterocycles. The minimum Gasteiger partial charge on any atom is -0.247 e. The molecule has 52 valence electrons. The lowest BCUT2D eigenvalue weighted by Gasteiger charge is -1.91. The van der Waals surface area contributed by atoms with Crippen LogP contribution in [0.5, 0.6) is 0 Å². The monoisotopic (exact) mass is 216 g/mol. The van der Waals surface area contributed by atoms with Crippen LogP contribution in [0.15, 0.2) is 9.98 Å². The van der Waals surface area contributed by atoms with Gasteiger partial charge in [-0.2, -0.15) is 5.26 Å². The van der Waals surface area contributed by atoms with Gasteiger partial charge in [-0.05, 0) is 22.9 Å². The Balaban J connectivity index is 2.87. The lowest BCUT2D eigenvalue weighted by molar-refractivity contribution is 0.959. The second kappa shape index (κ2) is 3.13. The van der Waals surface area contributed by atoms with Gasteiger partial charge in [0.15, 0.2) is 0 Å². The van der Waals surface area contributed by atoms with Crippen molar-refractivity contribution in [1.82, 2.24) is 4.98 Å².